The van der Waals surface area contributed by atoms with Gasteiger partial charge in [0.25, 0.3) is 0 Å². The van der Waals surface area contributed by atoms with Crippen LogP contribution < -0.4 is 20.7 Å². The van der Waals surface area contributed by atoms with Crippen LogP contribution in [-0.4, -0.2) is 48.0 Å². The number of aromatic nitrogens is 2. The molecule has 7 heteroatoms. The van der Waals surface area contributed by atoms with Gasteiger partial charge in [-0.3, -0.25) is 5.41 Å². The van der Waals surface area contributed by atoms with E-state index in [1.165, 1.54) is 0 Å². The average Bonchev–Trinajstić information content (AvgIpc) is 2.63. The van der Waals surface area contributed by atoms with Crippen LogP contribution in [-0.2, 0) is 0 Å². The van der Waals surface area contributed by atoms with Gasteiger partial charge in [-0.1, -0.05) is 0 Å². The number of nitrogen functional groups attached to an aromatic ring is 1. The lowest BCUT2D eigenvalue weighted by molar-refractivity contribution is 0.232. The van der Waals surface area contributed by atoms with Gasteiger partial charge in [0.05, 0.1) is 23.7 Å². The van der Waals surface area contributed by atoms with Gasteiger partial charge in [0.1, 0.15) is 5.82 Å². The summed E-state index contributed by atoms with van der Waals surface area (Å²) in [5.41, 5.74) is 8.24. The maximum absolute atomic E-state index is 8.58. The molecular formula is C18H24N6O. The predicted molar refractivity (Wildman–Crippen MR) is 99.7 cm³/mol. The van der Waals surface area contributed by atoms with Crippen LogP contribution >= 0.6 is 0 Å². The predicted octanol–water partition coefficient (Wildman–Crippen LogP) is 1.67. The lowest BCUT2D eigenvalue weighted by atomic mass is 10.0. The van der Waals surface area contributed by atoms with E-state index in [0.717, 1.165) is 37.6 Å². The number of hydrogen-bond donors (Lipinski definition) is 3. The average molecular weight is 340 g/mol. The second-order valence-corrected chi connectivity index (χ2v) is 6.29. The molecule has 25 heavy (non-hydrogen) atoms. The van der Waals surface area contributed by atoms with E-state index in [0.29, 0.717) is 22.8 Å². The number of ether oxygens (including phenoxy) is 1. The van der Waals surface area contributed by atoms with Gasteiger partial charge in [0, 0.05) is 49.6 Å². The fraction of sp³-hybridized carbons (Fsp3) is 0.389. The first-order valence-corrected chi connectivity index (χ1v) is 8.48. The first kappa shape index (κ1) is 17.2. The van der Waals surface area contributed by atoms with Gasteiger partial charge in [-0.2, -0.15) is 0 Å². The molecule has 1 saturated heterocycles. The molecule has 2 aromatic rings. The molecule has 1 aliphatic heterocycles. The normalized spacial score (nSPS) is 14.6. The second kappa shape index (κ2) is 7.48. The molecule has 2 aromatic heterocycles. The maximum Gasteiger partial charge on any atom is 0.214 e. The molecule has 0 radical (unpaired) electrons. The lowest BCUT2D eigenvalue weighted by Crippen LogP contribution is -2.43. The Labute approximate surface area is 147 Å². The number of nitrogens with zero attached hydrogens (tertiary/aromatic N) is 3. The topological polar surface area (TPSA) is 100 Å². The van der Waals surface area contributed by atoms with Gasteiger partial charge in [0.15, 0.2) is 0 Å². The molecule has 1 fully saturated rings. The third-order valence-corrected chi connectivity index (χ3v) is 4.01. The number of piperazine rings is 1. The van der Waals surface area contributed by atoms with Crippen LogP contribution in [0.5, 0.6) is 5.88 Å². The third kappa shape index (κ3) is 4.06. The van der Waals surface area contributed by atoms with Crippen molar-refractivity contribution in [3.8, 4) is 5.88 Å². The van der Waals surface area contributed by atoms with Crippen molar-refractivity contribution in [1.82, 2.24) is 15.3 Å². The highest BCUT2D eigenvalue weighted by molar-refractivity contribution is 6.14. The minimum atomic E-state index is 0.0124. The lowest BCUT2D eigenvalue weighted by Gasteiger charge is -2.28. The van der Waals surface area contributed by atoms with Crippen molar-refractivity contribution >= 4 is 17.2 Å². The van der Waals surface area contributed by atoms with Crippen LogP contribution in [0.4, 0.5) is 11.5 Å². The van der Waals surface area contributed by atoms with Gasteiger partial charge in [-0.15, -0.1) is 0 Å². The van der Waals surface area contributed by atoms with Gasteiger partial charge in [-0.25, -0.2) is 9.97 Å². The molecule has 0 saturated carbocycles. The molecule has 3 heterocycles. The summed E-state index contributed by atoms with van der Waals surface area (Å²) in [4.78, 5) is 10.8. The summed E-state index contributed by atoms with van der Waals surface area (Å²) < 4.78 is 5.62. The molecule has 0 aliphatic carbocycles. The Kier molecular flexibility index (Phi) is 5.14. The minimum Gasteiger partial charge on any atom is -0.475 e. The molecule has 0 amide bonds. The Balaban J connectivity index is 1.87. The molecule has 0 atom stereocenters. The van der Waals surface area contributed by atoms with Gasteiger partial charge in [-0.05, 0) is 26.0 Å². The van der Waals surface area contributed by atoms with Crippen molar-refractivity contribution in [2.75, 3.05) is 36.8 Å². The van der Waals surface area contributed by atoms with E-state index in [4.69, 9.17) is 15.9 Å². The highest BCUT2D eigenvalue weighted by Gasteiger charge is 2.15. The van der Waals surface area contributed by atoms with Crippen LogP contribution in [0.2, 0.25) is 0 Å². The van der Waals surface area contributed by atoms with Crippen molar-refractivity contribution < 1.29 is 4.74 Å². The largest absolute Gasteiger partial charge is 0.475 e. The summed E-state index contributed by atoms with van der Waals surface area (Å²) in [6.07, 6.45) is 3.29. The molecule has 0 unspecified atom stereocenters. The number of nitrogens with two attached hydrogens (primary N) is 1. The summed E-state index contributed by atoms with van der Waals surface area (Å²) in [6, 6.07) is 5.50. The zero-order valence-corrected chi connectivity index (χ0v) is 14.6. The molecule has 1 aliphatic rings. The highest BCUT2D eigenvalue weighted by Crippen LogP contribution is 2.22. The van der Waals surface area contributed by atoms with E-state index in [9.17, 15) is 0 Å². The summed E-state index contributed by atoms with van der Waals surface area (Å²) in [5.74, 6) is 1.36. The van der Waals surface area contributed by atoms with Crippen LogP contribution in [0.1, 0.15) is 25.0 Å². The Morgan fingerprint density at radius 3 is 2.76 bits per heavy atom. The molecule has 4 N–H and O–H groups in total. The number of nitrogens with one attached hydrogen (secondary N) is 2. The number of rotatable bonds is 5. The second-order valence-electron chi connectivity index (χ2n) is 6.29. The van der Waals surface area contributed by atoms with Crippen molar-refractivity contribution in [3.63, 3.8) is 0 Å². The molecule has 0 spiro atoms. The number of anilines is 2. The van der Waals surface area contributed by atoms with Crippen molar-refractivity contribution in [2.45, 2.75) is 20.0 Å². The molecule has 0 aromatic carbocycles. The van der Waals surface area contributed by atoms with Crippen molar-refractivity contribution in [3.05, 3.63) is 41.7 Å². The highest BCUT2D eigenvalue weighted by atomic mass is 16.5. The summed E-state index contributed by atoms with van der Waals surface area (Å²) in [6.45, 7) is 7.57. The Morgan fingerprint density at radius 1 is 1.28 bits per heavy atom. The molecule has 3 rings (SSSR count). The van der Waals surface area contributed by atoms with Crippen molar-refractivity contribution in [2.24, 2.45) is 0 Å². The van der Waals surface area contributed by atoms with Gasteiger partial charge < -0.3 is 20.7 Å². The smallest absolute Gasteiger partial charge is 0.214 e. The van der Waals surface area contributed by atoms with Gasteiger partial charge >= 0.3 is 0 Å². The van der Waals surface area contributed by atoms with E-state index < -0.39 is 0 Å². The molecule has 132 valence electrons. The summed E-state index contributed by atoms with van der Waals surface area (Å²) >= 11 is 0. The minimum absolute atomic E-state index is 0.0124. The van der Waals surface area contributed by atoms with Crippen LogP contribution in [0.25, 0.3) is 0 Å². The number of pyridine rings is 2. The first-order valence-electron chi connectivity index (χ1n) is 8.48. The van der Waals surface area contributed by atoms with Crippen LogP contribution in [0.3, 0.4) is 0 Å². The molecule has 7 nitrogen and oxygen atoms in total. The quantitative estimate of drug-likeness (QED) is 0.716. The third-order valence-electron chi connectivity index (χ3n) is 4.01. The zero-order valence-electron chi connectivity index (χ0n) is 14.6. The number of hydrogen-bond acceptors (Lipinski definition) is 7. The van der Waals surface area contributed by atoms with Gasteiger partial charge in [0.2, 0.25) is 5.88 Å². The van der Waals surface area contributed by atoms with Crippen LogP contribution in [0.15, 0.2) is 30.6 Å². The first-order chi connectivity index (χ1) is 12.0. The fourth-order valence-electron chi connectivity index (χ4n) is 2.77. The Hall–Kier alpha value is -2.67. The van der Waals surface area contributed by atoms with E-state index in [1.54, 1.807) is 18.5 Å². The van der Waals surface area contributed by atoms with Crippen molar-refractivity contribution in [1.29, 1.82) is 5.41 Å². The molecular weight excluding hydrogens is 316 g/mol. The van der Waals surface area contributed by atoms with E-state index in [2.05, 4.69) is 20.2 Å². The Morgan fingerprint density at radius 2 is 2.04 bits per heavy atom. The SMILES string of the molecule is CC(C)Oc1cc(C(=N)c2ccnc(N3CCNCC3)c2)c(N)cn1. The zero-order chi connectivity index (χ0) is 17.8. The van der Waals surface area contributed by atoms with Crippen LogP contribution in [0, 0.1) is 5.41 Å². The fourth-order valence-corrected chi connectivity index (χ4v) is 2.77. The monoisotopic (exact) mass is 340 g/mol. The molecule has 0 bridgehead atoms. The van der Waals surface area contributed by atoms with E-state index >= 15 is 0 Å². The van der Waals surface area contributed by atoms with E-state index in [1.807, 2.05) is 26.0 Å². The van der Waals surface area contributed by atoms with E-state index in [-0.39, 0.29) is 6.10 Å². The summed E-state index contributed by atoms with van der Waals surface area (Å²) in [5, 5.41) is 11.9. The Bertz CT molecular complexity index is 755. The summed E-state index contributed by atoms with van der Waals surface area (Å²) in [7, 11) is 0. The maximum atomic E-state index is 8.58. The standard InChI is InChI=1S/C18H24N6O/c1-12(2)25-17-10-14(15(19)11-23-17)18(20)13-3-4-22-16(9-13)24-7-5-21-6-8-24/h3-4,9-12,20-21H,5-8,19H2,1-2H3.